The minimum absolute atomic E-state index is 0.0931. The summed E-state index contributed by atoms with van der Waals surface area (Å²) < 4.78 is 0. The van der Waals surface area contributed by atoms with Crippen LogP contribution in [0.2, 0.25) is 0 Å². The van der Waals surface area contributed by atoms with Crippen LogP contribution in [-0.2, 0) is 13.1 Å². The molecule has 1 aliphatic rings. The number of hydrogen-bond donors (Lipinski definition) is 1. The van der Waals surface area contributed by atoms with Crippen LogP contribution >= 0.6 is 0 Å². The highest BCUT2D eigenvalue weighted by Gasteiger charge is 2.21. The lowest BCUT2D eigenvalue weighted by Gasteiger charge is -2.21. The van der Waals surface area contributed by atoms with E-state index < -0.39 is 0 Å². The van der Waals surface area contributed by atoms with Gasteiger partial charge in [-0.05, 0) is 29.2 Å². The summed E-state index contributed by atoms with van der Waals surface area (Å²) in [5.41, 5.74) is 11.8. The largest absolute Gasteiger partial charge is 0.323 e. The smallest absolute Gasteiger partial charge is 0.0427 e. The maximum atomic E-state index is 6.37. The molecule has 0 aliphatic carbocycles. The predicted molar refractivity (Wildman–Crippen MR) is 78.7 cm³/mol. The molecule has 3 rings (SSSR count). The van der Waals surface area contributed by atoms with Crippen molar-refractivity contribution >= 4 is 0 Å². The normalized spacial score (nSPS) is 16.3. The number of fused-ring (bicyclic) bond motifs is 1. The van der Waals surface area contributed by atoms with Gasteiger partial charge in [0.2, 0.25) is 0 Å². The molecule has 2 aromatic rings. The first-order chi connectivity index (χ1) is 9.24. The lowest BCUT2D eigenvalue weighted by molar-refractivity contribution is 0.265. The number of benzene rings is 2. The molecule has 0 bridgehead atoms. The van der Waals surface area contributed by atoms with Gasteiger partial charge in [0.15, 0.2) is 0 Å². The van der Waals surface area contributed by atoms with E-state index in [1.54, 1.807) is 0 Å². The van der Waals surface area contributed by atoms with Crippen molar-refractivity contribution in [2.45, 2.75) is 26.1 Å². The van der Waals surface area contributed by atoms with Gasteiger partial charge in [-0.25, -0.2) is 0 Å². The maximum absolute atomic E-state index is 6.37. The SMILES string of the molecule is Cc1ccccc1C(N)CN1Cc2ccccc2C1. The van der Waals surface area contributed by atoms with E-state index >= 15 is 0 Å². The van der Waals surface area contributed by atoms with Crippen molar-refractivity contribution in [1.82, 2.24) is 4.90 Å². The average molecular weight is 252 g/mol. The second kappa shape index (κ2) is 5.16. The van der Waals surface area contributed by atoms with Crippen LogP contribution in [0.1, 0.15) is 28.3 Å². The molecular formula is C17H20N2. The second-order valence-electron chi connectivity index (χ2n) is 5.40. The predicted octanol–water partition coefficient (Wildman–Crippen LogP) is 3.01. The zero-order valence-corrected chi connectivity index (χ0v) is 11.3. The van der Waals surface area contributed by atoms with Crippen LogP contribution in [0.5, 0.6) is 0 Å². The van der Waals surface area contributed by atoms with Crippen LogP contribution in [0, 0.1) is 6.92 Å². The van der Waals surface area contributed by atoms with Crippen molar-refractivity contribution < 1.29 is 0 Å². The Morgan fingerprint density at radius 1 is 1.00 bits per heavy atom. The van der Waals surface area contributed by atoms with Crippen LogP contribution in [0.15, 0.2) is 48.5 Å². The molecule has 0 amide bonds. The van der Waals surface area contributed by atoms with Gasteiger partial charge in [-0.1, -0.05) is 48.5 Å². The summed E-state index contributed by atoms with van der Waals surface area (Å²) in [6.45, 7) is 5.10. The van der Waals surface area contributed by atoms with Crippen LogP contribution in [0.4, 0.5) is 0 Å². The van der Waals surface area contributed by atoms with Crippen molar-refractivity contribution in [2.75, 3.05) is 6.54 Å². The van der Waals surface area contributed by atoms with Crippen molar-refractivity contribution in [3.8, 4) is 0 Å². The van der Waals surface area contributed by atoms with Crippen molar-refractivity contribution in [3.63, 3.8) is 0 Å². The van der Waals surface area contributed by atoms with Gasteiger partial charge >= 0.3 is 0 Å². The van der Waals surface area contributed by atoms with E-state index in [-0.39, 0.29) is 6.04 Å². The average Bonchev–Trinajstić information content (AvgIpc) is 2.81. The fourth-order valence-electron chi connectivity index (χ4n) is 2.91. The number of nitrogens with zero attached hydrogens (tertiary/aromatic N) is 1. The van der Waals surface area contributed by atoms with E-state index in [0.717, 1.165) is 19.6 Å². The van der Waals surface area contributed by atoms with Gasteiger partial charge in [-0.2, -0.15) is 0 Å². The van der Waals surface area contributed by atoms with Crippen LogP contribution in [-0.4, -0.2) is 11.4 Å². The summed E-state index contributed by atoms with van der Waals surface area (Å²) in [6, 6.07) is 17.2. The Hall–Kier alpha value is -1.64. The molecule has 0 saturated carbocycles. The van der Waals surface area contributed by atoms with Gasteiger partial charge in [-0.3, -0.25) is 4.90 Å². The van der Waals surface area contributed by atoms with Crippen LogP contribution in [0.25, 0.3) is 0 Å². The molecule has 0 spiro atoms. The standard InChI is InChI=1S/C17H20N2/c1-13-6-2-5-9-16(13)17(18)12-19-10-14-7-3-4-8-15(14)11-19/h2-9,17H,10-12,18H2,1H3. The molecule has 0 saturated heterocycles. The molecule has 2 N–H and O–H groups in total. The fourth-order valence-corrected chi connectivity index (χ4v) is 2.91. The number of rotatable bonds is 3. The summed E-state index contributed by atoms with van der Waals surface area (Å²) in [4.78, 5) is 2.43. The zero-order valence-electron chi connectivity index (χ0n) is 11.3. The molecule has 19 heavy (non-hydrogen) atoms. The number of aryl methyl sites for hydroxylation is 1. The highest BCUT2D eigenvalue weighted by Crippen LogP contribution is 2.25. The maximum Gasteiger partial charge on any atom is 0.0427 e. The molecule has 2 heteroatoms. The van der Waals surface area contributed by atoms with Gasteiger partial charge in [0.05, 0.1) is 0 Å². The molecule has 0 fully saturated rings. The van der Waals surface area contributed by atoms with Crippen molar-refractivity contribution in [3.05, 3.63) is 70.8 Å². The van der Waals surface area contributed by atoms with Gasteiger partial charge in [-0.15, -0.1) is 0 Å². The highest BCUT2D eigenvalue weighted by molar-refractivity contribution is 5.31. The molecule has 2 aromatic carbocycles. The van der Waals surface area contributed by atoms with E-state index in [0.29, 0.717) is 0 Å². The molecule has 98 valence electrons. The zero-order chi connectivity index (χ0) is 13.2. The molecule has 1 aliphatic heterocycles. The lowest BCUT2D eigenvalue weighted by Crippen LogP contribution is -2.28. The third-order valence-corrected chi connectivity index (χ3v) is 3.95. The topological polar surface area (TPSA) is 29.3 Å². The van der Waals surface area contributed by atoms with Gasteiger partial charge in [0, 0.05) is 25.7 Å². The Kier molecular flexibility index (Phi) is 3.36. The van der Waals surface area contributed by atoms with Crippen molar-refractivity contribution in [2.24, 2.45) is 5.73 Å². The summed E-state index contributed by atoms with van der Waals surface area (Å²) in [5, 5.41) is 0. The third kappa shape index (κ3) is 2.55. The molecule has 1 atom stereocenters. The van der Waals surface area contributed by atoms with E-state index in [4.69, 9.17) is 5.73 Å². The van der Waals surface area contributed by atoms with Gasteiger partial charge < -0.3 is 5.73 Å². The number of hydrogen-bond acceptors (Lipinski definition) is 2. The number of nitrogens with two attached hydrogens (primary N) is 1. The minimum Gasteiger partial charge on any atom is -0.323 e. The van der Waals surface area contributed by atoms with E-state index in [9.17, 15) is 0 Å². The Balaban J connectivity index is 1.69. The molecule has 1 unspecified atom stereocenters. The Morgan fingerprint density at radius 2 is 1.58 bits per heavy atom. The Labute approximate surface area is 114 Å². The fraction of sp³-hybridized carbons (Fsp3) is 0.294. The highest BCUT2D eigenvalue weighted by atomic mass is 15.1. The van der Waals surface area contributed by atoms with Crippen LogP contribution < -0.4 is 5.73 Å². The first-order valence-electron chi connectivity index (χ1n) is 6.84. The van der Waals surface area contributed by atoms with Crippen LogP contribution in [0.3, 0.4) is 0 Å². The lowest BCUT2D eigenvalue weighted by atomic mass is 10.0. The molecular weight excluding hydrogens is 232 g/mol. The van der Waals surface area contributed by atoms with E-state index in [1.165, 1.54) is 22.3 Å². The second-order valence-corrected chi connectivity index (χ2v) is 5.40. The molecule has 0 aromatic heterocycles. The van der Waals surface area contributed by atoms with Gasteiger partial charge in [0.25, 0.3) is 0 Å². The van der Waals surface area contributed by atoms with Crippen molar-refractivity contribution in [1.29, 1.82) is 0 Å². The first-order valence-corrected chi connectivity index (χ1v) is 6.84. The summed E-state index contributed by atoms with van der Waals surface area (Å²) in [7, 11) is 0. The summed E-state index contributed by atoms with van der Waals surface area (Å²) in [6.07, 6.45) is 0. The summed E-state index contributed by atoms with van der Waals surface area (Å²) in [5.74, 6) is 0. The molecule has 0 radical (unpaired) electrons. The van der Waals surface area contributed by atoms with E-state index in [2.05, 4.69) is 60.4 Å². The Morgan fingerprint density at radius 3 is 2.21 bits per heavy atom. The molecule has 2 nitrogen and oxygen atoms in total. The minimum atomic E-state index is 0.0931. The Bertz CT molecular complexity index is 552. The van der Waals surface area contributed by atoms with Gasteiger partial charge in [0.1, 0.15) is 0 Å². The third-order valence-electron chi connectivity index (χ3n) is 3.95. The van der Waals surface area contributed by atoms with E-state index in [1.807, 2.05) is 0 Å². The first kappa shape index (κ1) is 12.4. The molecule has 1 heterocycles. The monoisotopic (exact) mass is 252 g/mol. The quantitative estimate of drug-likeness (QED) is 0.910. The summed E-state index contributed by atoms with van der Waals surface area (Å²) >= 11 is 0.